The van der Waals surface area contributed by atoms with E-state index in [9.17, 15) is 14.4 Å². The van der Waals surface area contributed by atoms with Crippen molar-refractivity contribution >= 4 is 17.9 Å². The number of hydrogen-bond acceptors (Lipinski definition) is 7. The average molecular weight is 724 g/mol. The predicted octanol–water partition coefficient (Wildman–Crippen LogP) is 12.2. The summed E-state index contributed by atoms with van der Waals surface area (Å²) in [4.78, 5) is 40.1. The number of hydrogen-bond donors (Lipinski definition) is 0. The van der Waals surface area contributed by atoms with Gasteiger partial charge in [0.15, 0.2) is 0 Å². The third kappa shape index (κ3) is 29.5. The number of rotatable bonds is 36. The Bertz CT molecular complexity index is 799. The molecule has 51 heavy (non-hydrogen) atoms. The highest BCUT2D eigenvalue weighted by Gasteiger charge is 2.29. The van der Waals surface area contributed by atoms with Crippen LogP contribution in [0.25, 0.3) is 0 Å². The number of nitrogens with zero attached hydrogens (tertiary/aromatic N) is 1. The molecule has 0 rings (SSSR count). The van der Waals surface area contributed by atoms with Crippen LogP contribution < -0.4 is 0 Å². The van der Waals surface area contributed by atoms with Gasteiger partial charge in [-0.3, -0.25) is 14.4 Å². The Hall–Kier alpha value is -1.63. The van der Waals surface area contributed by atoms with Crippen molar-refractivity contribution in [1.29, 1.82) is 0 Å². The molecule has 0 saturated heterocycles. The van der Waals surface area contributed by atoms with Gasteiger partial charge in [-0.1, -0.05) is 129 Å². The van der Waals surface area contributed by atoms with Crippen LogP contribution in [0.4, 0.5) is 0 Å². The van der Waals surface area contributed by atoms with Gasteiger partial charge < -0.3 is 19.1 Å². The molecule has 0 radical (unpaired) electrons. The van der Waals surface area contributed by atoms with Gasteiger partial charge in [0.1, 0.15) is 6.10 Å². The molecule has 7 heteroatoms. The van der Waals surface area contributed by atoms with Crippen LogP contribution in [-0.2, 0) is 28.6 Å². The third-order valence-corrected chi connectivity index (χ3v) is 10.3. The molecule has 0 unspecified atom stereocenters. The van der Waals surface area contributed by atoms with Crippen molar-refractivity contribution in [2.24, 2.45) is 10.8 Å². The summed E-state index contributed by atoms with van der Waals surface area (Å²) >= 11 is 0. The number of ether oxygens (including phenoxy) is 3. The summed E-state index contributed by atoms with van der Waals surface area (Å²) in [5, 5.41) is 0. The third-order valence-electron chi connectivity index (χ3n) is 10.3. The maximum absolute atomic E-state index is 12.8. The lowest BCUT2D eigenvalue weighted by atomic mass is 9.86. The van der Waals surface area contributed by atoms with E-state index >= 15 is 0 Å². The van der Waals surface area contributed by atoms with Crippen LogP contribution in [0.15, 0.2) is 0 Å². The Kier molecular flexibility index (Phi) is 30.8. The lowest BCUT2D eigenvalue weighted by Crippen LogP contribution is -2.27. The Morgan fingerprint density at radius 2 is 0.863 bits per heavy atom. The van der Waals surface area contributed by atoms with E-state index in [1.165, 1.54) is 77.0 Å². The maximum atomic E-state index is 12.8. The molecule has 0 aliphatic rings. The summed E-state index contributed by atoms with van der Waals surface area (Å²) < 4.78 is 17.2. The second-order valence-electron chi connectivity index (χ2n) is 16.9. The van der Waals surface area contributed by atoms with Gasteiger partial charge in [-0.2, -0.15) is 0 Å². The number of carbonyl (C=O) groups is 3. The Morgan fingerprint density at radius 1 is 0.510 bits per heavy atom. The fourth-order valence-corrected chi connectivity index (χ4v) is 6.45. The SMILES string of the molecule is CCCCCCCCCCOC(=O)C(C)(C)CCCCCC(CCCCCC(C)(C)C(=O)OCCCCCCCCCC)OC(=O)CCN(C)C. The van der Waals surface area contributed by atoms with Crippen molar-refractivity contribution in [3.05, 3.63) is 0 Å². The van der Waals surface area contributed by atoms with E-state index in [0.717, 1.165) is 89.9 Å². The first-order valence-electron chi connectivity index (χ1n) is 21.5. The molecule has 0 bridgehead atoms. The van der Waals surface area contributed by atoms with E-state index in [0.29, 0.717) is 26.2 Å². The predicted molar refractivity (Wildman–Crippen MR) is 214 cm³/mol. The largest absolute Gasteiger partial charge is 0.465 e. The minimum Gasteiger partial charge on any atom is -0.465 e. The zero-order valence-corrected chi connectivity index (χ0v) is 35.2. The molecule has 0 aliphatic carbocycles. The fourth-order valence-electron chi connectivity index (χ4n) is 6.45. The minimum atomic E-state index is -0.480. The van der Waals surface area contributed by atoms with Gasteiger partial charge in [0.05, 0.1) is 30.5 Å². The molecule has 0 heterocycles. The van der Waals surface area contributed by atoms with E-state index < -0.39 is 10.8 Å². The van der Waals surface area contributed by atoms with Crippen molar-refractivity contribution in [3.8, 4) is 0 Å². The highest BCUT2D eigenvalue weighted by molar-refractivity contribution is 5.76. The molecule has 0 saturated carbocycles. The molecule has 0 fully saturated rings. The average Bonchev–Trinajstić information content (AvgIpc) is 3.08. The standard InChI is InChI=1S/C44H85NO6/c1-9-11-13-15-17-19-21-29-37-49-41(47)43(3,4)34-27-23-25-31-39(51-40(46)33-36-45(7)8)32-26-24-28-35-44(5,6)42(48)50-38-30-22-20-18-16-14-12-10-2/h39H,9-38H2,1-8H3. The first kappa shape index (κ1) is 49.4. The molecule has 302 valence electrons. The summed E-state index contributed by atoms with van der Waals surface area (Å²) in [6.07, 6.45) is 29.1. The van der Waals surface area contributed by atoms with Crippen LogP contribution in [0.5, 0.6) is 0 Å². The normalized spacial score (nSPS) is 12.1. The second kappa shape index (κ2) is 31.9. The zero-order chi connectivity index (χ0) is 38.2. The van der Waals surface area contributed by atoms with E-state index in [2.05, 4.69) is 13.8 Å². The van der Waals surface area contributed by atoms with E-state index in [1.807, 2.05) is 46.7 Å². The number of esters is 3. The molecule has 0 aromatic rings. The lowest BCUT2D eigenvalue weighted by Gasteiger charge is -2.23. The topological polar surface area (TPSA) is 82.1 Å². The van der Waals surface area contributed by atoms with Gasteiger partial charge in [-0.25, -0.2) is 0 Å². The molecule has 7 nitrogen and oxygen atoms in total. The Morgan fingerprint density at radius 3 is 1.24 bits per heavy atom. The number of unbranched alkanes of at least 4 members (excludes halogenated alkanes) is 18. The molecule has 0 amide bonds. The summed E-state index contributed by atoms with van der Waals surface area (Å²) in [5.74, 6) is -0.300. The van der Waals surface area contributed by atoms with Crippen molar-refractivity contribution in [2.75, 3.05) is 33.9 Å². The lowest BCUT2D eigenvalue weighted by molar-refractivity contribution is -0.155. The van der Waals surface area contributed by atoms with Gasteiger partial charge in [-0.15, -0.1) is 0 Å². The van der Waals surface area contributed by atoms with Crippen molar-refractivity contribution in [2.45, 2.75) is 221 Å². The van der Waals surface area contributed by atoms with E-state index in [-0.39, 0.29) is 24.0 Å². The zero-order valence-electron chi connectivity index (χ0n) is 35.2. The summed E-state index contributed by atoms with van der Waals surface area (Å²) in [6, 6.07) is 0. The van der Waals surface area contributed by atoms with Crippen molar-refractivity contribution in [3.63, 3.8) is 0 Å². The van der Waals surface area contributed by atoms with Crippen LogP contribution in [0.3, 0.4) is 0 Å². The van der Waals surface area contributed by atoms with E-state index in [4.69, 9.17) is 14.2 Å². The molecule has 0 N–H and O–H groups in total. The summed E-state index contributed by atoms with van der Waals surface area (Å²) in [7, 11) is 3.93. The molecule has 0 aromatic carbocycles. The highest BCUT2D eigenvalue weighted by atomic mass is 16.5. The van der Waals surface area contributed by atoms with E-state index in [1.54, 1.807) is 0 Å². The summed E-state index contributed by atoms with van der Waals surface area (Å²) in [5.41, 5.74) is -0.960. The van der Waals surface area contributed by atoms with Crippen LogP contribution in [-0.4, -0.2) is 62.8 Å². The van der Waals surface area contributed by atoms with Crippen molar-refractivity contribution in [1.82, 2.24) is 4.90 Å². The fraction of sp³-hybridized carbons (Fsp3) is 0.932. The van der Waals surface area contributed by atoms with Crippen LogP contribution in [0, 0.1) is 10.8 Å². The first-order valence-corrected chi connectivity index (χ1v) is 21.5. The Labute approximate surface area is 316 Å². The monoisotopic (exact) mass is 724 g/mol. The number of carbonyl (C=O) groups excluding carboxylic acids is 3. The highest BCUT2D eigenvalue weighted by Crippen LogP contribution is 2.28. The van der Waals surface area contributed by atoms with Gasteiger partial charge in [0, 0.05) is 6.54 Å². The molecule has 0 aromatic heterocycles. The molecule has 0 atom stereocenters. The minimum absolute atomic E-state index is 0.0851. The van der Waals surface area contributed by atoms with Gasteiger partial charge in [0.25, 0.3) is 0 Å². The first-order chi connectivity index (χ1) is 24.4. The quantitative estimate of drug-likeness (QED) is 0.0361. The van der Waals surface area contributed by atoms with Crippen LogP contribution in [0.2, 0.25) is 0 Å². The molecular formula is C44H85NO6. The van der Waals surface area contributed by atoms with Gasteiger partial charge in [-0.05, 0) is 93.2 Å². The van der Waals surface area contributed by atoms with Crippen LogP contribution >= 0.6 is 0 Å². The second-order valence-corrected chi connectivity index (χ2v) is 16.9. The van der Waals surface area contributed by atoms with Crippen molar-refractivity contribution < 1.29 is 28.6 Å². The Balaban J connectivity index is 4.43. The summed E-state index contributed by atoms with van der Waals surface area (Å²) in [6.45, 7) is 14.2. The van der Waals surface area contributed by atoms with Gasteiger partial charge >= 0.3 is 17.9 Å². The molecule has 0 spiro atoms. The van der Waals surface area contributed by atoms with Gasteiger partial charge in [0.2, 0.25) is 0 Å². The van der Waals surface area contributed by atoms with Crippen LogP contribution in [0.1, 0.15) is 215 Å². The molecule has 0 aliphatic heterocycles. The maximum Gasteiger partial charge on any atom is 0.311 e. The smallest absolute Gasteiger partial charge is 0.311 e. The molecular weight excluding hydrogens is 638 g/mol.